The van der Waals surface area contributed by atoms with Gasteiger partial charge in [-0.1, -0.05) is 47.5 Å². The highest BCUT2D eigenvalue weighted by Gasteiger charge is 2.29. The average molecular weight is 311 g/mol. The van der Waals surface area contributed by atoms with Gasteiger partial charge in [0, 0.05) is 23.0 Å². The highest BCUT2D eigenvalue weighted by atomic mass is 79.9. The smallest absolute Gasteiger partial charge is 0.0211 e. The zero-order valence-electron chi connectivity index (χ0n) is 11.1. The minimum Gasteiger partial charge on any atom is -0.330 e. The van der Waals surface area contributed by atoms with Gasteiger partial charge >= 0.3 is 0 Å². The van der Waals surface area contributed by atoms with E-state index in [0.717, 1.165) is 13.1 Å². The second-order valence-electron chi connectivity index (χ2n) is 5.06. The number of hydrogen-bond donors (Lipinski definition) is 1. The molecule has 1 aliphatic rings. The Morgan fingerprint density at radius 3 is 2.83 bits per heavy atom. The fraction of sp³-hybridized carbons (Fsp3) is 0.600. The van der Waals surface area contributed by atoms with Gasteiger partial charge in [-0.3, -0.25) is 0 Å². The van der Waals surface area contributed by atoms with E-state index in [2.05, 4.69) is 52.0 Å². The molecule has 2 unspecified atom stereocenters. The van der Waals surface area contributed by atoms with Gasteiger partial charge in [-0.25, -0.2) is 0 Å². The fourth-order valence-corrected chi connectivity index (χ4v) is 3.71. The Labute approximate surface area is 119 Å². The van der Waals surface area contributed by atoms with E-state index in [1.165, 1.54) is 35.8 Å². The Morgan fingerprint density at radius 2 is 2.17 bits per heavy atom. The van der Waals surface area contributed by atoms with Crippen molar-refractivity contribution in [3.63, 3.8) is 0 Å². The van der Waals surface area contributed by atoms with Crippen LogP contribution in [0.5, 0.6) is 0 Å². The van der Waals surface area contributed by atoms with Crippen molar-refractivity contribution in [3.05, 3.63) is 34.3 Å². The highest BCUT2D eigenvalue weighted by Crippen LogP contribution is 2.33. The number of likely N-dealkylation sites (tertiary alicyclic amines) is 1. The predicted molar refractivity (Wildman–Crippen MR) is 80.8 cm³/mol. The van der Waals surface area contributed by atoms with E-state index in [1.807, 2.05) is 0 Å². The lowest BCUT2D eigenvalue weighted by Crippen LogP contribution is -2.45. The zero-order chi connectivity index (χ0) is 13.0. The molecule has 2 atom stereocenters. The van der Waals surface area contributed by atoms with Gasteiger partial charge in [0.2, 0.25) is 0 Å². The third-order valence-corrected chi connectivity index (χ3v) is 4.82. The number of hydrogen-bond acceptors (Lipinski definition) is 2. The van der Waals surface area contributed by atoms with Crippen molar-refractivity contribution in [2.75, 3.05) is 19.6 Å². The fourth-order valence-electron chi connectivity index (χ4n) is 3.13. The molecule has 0 bridgehead atoms. The molecule has 1 aromatic carbocycles. The lowest BCUT2D eigenvalue weighted by molar-refractivity contribution is 0.133. The molecule has 2 N–H and O–H groups in total. The van der Waals surface area contributed by atoms with Crippen molar-refractivity contribution in [2.45, 2.75) is 38.1 Å². The number of rotatable bonds is 4. The van der Waals surface area contributed by atoms with Crippen LogP contribution in [-0.4, -0.2) is 30.6 Å². The van der Waals surface area contributed by atoms with E-state index in [4.69, 9.17) is 5.73 Å². The normalized spacial score (nSPS) is 22.9. The van der Waals surface area contributed by atoms with E-state index in [9.17, 15) is 0 Å². The van der Waals surface area contributed by atoms with Crippen molar-refractivity contribution < 1.29 is 0 Å². The summed E-state index contributed by atoms with van der Waals surface area (Å²) in [6.07, 6.45) is 3.94. The summed E-state index contributed by atoms with van der Waals surface area (Å²) >= 11 is 3.67. The molecule has 100 valence electrons. The van der Waals surface area contributed by atoms with Gasteiger partial charge in [-0.05, 0) is 37.6 Å². The Bertz CT molecular complexity index is 381. The second kappa shape index (κ2) is 6.69. The molecule has 2 nitrogen and oxygen atoms in total. The maximum Gasteiger partial charge on any atom is 0.0211 e. The van der Waals surface area contributed by atoms with Crippen molar-refractivity contribution >= 4 is 15.9 Å². The summed E-state index contributed by atoms with van der Waals surface area (Å²) in [7, 11) is 0. The van der Waals surface area contributed by atoms with Crippen LogP contribution in [0, 0.1) is 0 Å². The molecule has 0 radical (unpaired) electrons. The van der Waals surface area contributed by atoms with Gasteiger partial charge in [-0.15, -0.1) is 0 Å². The Hall–Kier alpha value is -0.380. The van der Waals surface area contributed by atoms with E-state index in [-0.39, 0.29) is 0 Å². The van der Waals surface area contributed by atoms with Crippen LogP contribution in [-0.2, 0) is 0 Å². The third kappa shape index (κ3) is 2.95. The van der Waals surface area contributed by atoms with Crippen LogP contribution in [0.15, 0.2) is 28.7 Å². The largest absolute Gasteiger partial charge is 0.330 e. The molecule has 1 heterocycles. The molecule has 0 aliphatic carbocycles. The van der Waals surface area contributed by atoms with Crippen LogP contribution < -0.4 is 5.73 Å². The van der Waals surface area contributed by atoms with Gasteiger partial charge in [0.05, 0.1) is 0 Å². The minimum absolute atomic E-state index is 0.445. The van der Waals surface area contributed by atoms with E-state index in [0.29, 0.717) is 12.0 Å². The Morgan fingerprint density at radius 1 is 1.39 bits per heavy atom. The van der Waals surface area contributed by atoms with Gasteiger partial charge in [0.1, 0.15) is 0 Å². The molecule has 0 spiro atoms. The summed E-state index contributed by atoms with van der Waals surface area (Å²) in [5, 5.41) is 0. The summed E-state index contributed by atoms with van der Waals surface area (Å²) in [5.74, 6) is 0.445. The summed E-state index contributed by atoms with van der Waals surface area (Å²) in [5.41, 5.74) is 7.44. The number of piperidine rings is 1. The first-order valence-electron chi connectivity index (χ1n) is 6.96. The summed E-state index contributed by atoms with van der Waals surface area (Å²) in [6, 6.07) is 9.12. The Kier molecular flexibility index (Phi) is 5.22. The molecule has 1 saturated heterocycles. The summed E-state index contributed by atoms with van der Waals surface area (Å²) < 4.78 is 1.20. The highest BCUT2D eigenvalue weighted by molar-refractivity contribution is 9.10. The molecule has 3 heteroatoms. The van der Waals surface area contributed by atoms with Crippen molar-refractivity contribution in [2.24, 2.45) is 5.73 Å². The van der Waals surface area contributed by atoms with Crippen LogP contribution in [0.3, 0.4) is 0 Å². The topological polar surface area (TPSA) is 29.3 Å². The lowest BCUT2D eigenvalue weighted by Gasteiger charge is -2.40. The lowest BCUT2D eigenvalue weighted by atomic mass is 9.85. The number of benzene rings is 1. The van der Waals surface area contributed by atoms with Crippen molar-refractivity contribution in [1.82, 2.24) is 4.90 Å². The summed E-state index contributed by atoms with van der Waals surface area (Å²) in [4.78, 5) is 2.60. The van der Waals surface area contributed by atoms with Gasteiger partial charge in [-0.2, -0.15) is 0 Å². The number of halogens is 1. The molecule has 1 aliphatic heterocycles. The first-order chi connectivity index (χ1) is 8.77. The molecular formula is C15H23BrN2. The standard InChI is InChI=1S/C15H23BrN2/c1-2-18-10-6-5-9-15(18)13(11-17)12-7-3-4-8-14(12)16/h3-4,7-8,13,15H,2,5-6,9-11,17H2,1H3. The molecule has 2 rings (SSSR count). The van der Waals surface area contributed by atoms with Crippen LogP contribution >= 0.6 is 15.9 Å². The van der Waals surface area contributed by atoms with Gasteiger partial charge in [0.25, 0.3) is 0 Å². The average Bonchev–Trinajstić information content (AvgIpc) is 2.42. The number of likely N-dealkylation sites (N-methyl/N-ethyl adjacent to an activating group) is 1. The second-order valence-corrected chi connectivity index (χ2v) is 5.91. The van der Waals surface area contributed by atoms with Crippen LogP contribution in [0.2, 0.25) is 0 Å². The predicted octanol–water partition coefficient (Wildman–Crippen LogP) is 3.37. The van der Waals surface area contributed by atoms with Crippen LogP contribution in [0.4, 0.5) is 0 Å². The maximum atomic E-state index is 6.07. The molecule has 1 aromatic rings. The molecule has 0 amide bonds. The molecule has 1 fully saturated rings. The zero-order valence-corrected chi connectivity index (χ0v) is 12.7. The molecule has 0 aromatic heterocycles. The first kappa shape index (κ1) is 14.0. The minimum atomic E-state index is 0.445. The summed E-state index contributed by atoms with van der Waals surface area (Å²) in [6.45, 7) is 5.34. The van der Waals surface area contributed by atoms with Gasteiger partial charge in [0.15, 0.2) is 0 Å². The SMILES string of the molecule is CCN1CCCCC1C(CN)c1ccccc1Br. The van der Waals surface area contributed by atoms with Crippen LogP contribution in [0.1, 0.15) is 37.7 Å². The molecule has 0 saturated carbocycles. The van der Waals surface area contributed by atoms with E-state index < -0.39 is 0 Å². The van der Waals surface area contributed by atoms with Gasteiger partial charge < -0.3 is 10.6 Å². The first-order valence-corrected chi connectivity index (χ1v) is 7.75. The maximum absolute atomic E-state index is 6.07. The molecular weight excluding hydrogens is 288 g/mol. The third-order valence-electron chi connectivity index (χ3n) is 4.09. The number of nitrogens with zero attached hydrogens (tertiary/aromatic N) is 1. The monoisotopic (exact) mass is 310 g/mol. The van der Waals surface area contributed by atoms with Crippen LogP contribution in [0.25, 0.3) is 0 Å². The quantitative estimate of drug-likeness (QED) is 0.924. The van der Waals surface area contributed by atoms with E-state index in [1.54, 1.807) is 0 Å². The Balaban J connectivity index is 2.24. The van der Waals surface area contributed by atoms with Crippen molar-refractivity contribution in [3.8, 4) is 0 Å². The molecule has 18 heavy (non-hydrogen) atoms. The van der Waals surface area contributed by atoms with E-state index >= 15 is 0 Å². The van der Waals surface area contributed by atoms with Crippen molar-refractivity contribution in [1.29, 1.82) is 0 Å². The number of nitrogens with two attached hydrogens (primary N) is 1.